The van der Waals surface area contributed by atoms with Gasteiger partial charge >= 0.3 is 0 Å². The van der Waals surface area contributed by atoms with Crippen LogP contribution in [0.1, 0.15) is 24.3 Å². The molecule has 21 heavy (non-hydrogen) atoms. The summed E-state index contributed by atoms with van der Waals surface area (Å²) < 4.78 is 5.02. The lowest BCUT2D eigenvalue weighted by Crippen LogP contribution is -2.27. The van der Waals surface area contributed by atoms with Crippen LogP contribution in [0.15, 0.2) is 12.2 Å². The molecule has 2 saturated carbocycles. The Morgan fingerprint density at radius 3 is 3.05 bits per heavy atom. The van der Waals surface area contributed by atoms with Gasteiger partial charge < -0.3 is 10.1 Å². The first-order valence-corrected chi connectivity index (χ1v) is 8.35. The van der Waals surface area contributed by atoms with Gasteiger partial charge in [-0.25, -0.2) is 0 Å². The van der Waals surface area contributed by atoms with Crippen LogP contribution in [0, 0.1) is 23.2 Å². The Labute approximate surface area is 127 Å². The number of hydrogen-bond acceptors (Lipinski definition) is 5. The molecule has 1 spiro atoms. The molecule has 3 aliphatic rings. The largest absolute Gasteiger partial charge is 0.384 e. The van der Waals surface area contributed by atoms with Gasteiger partial charge in [-0.3, -0.25) is 4.79 Å². The van der Waals surface area contributed by atoms with Gasteiger partial charge in [0.1, 0.15) is 5.01 Å². The Hall–Kier alpha value is -1.27. The fraction of sp³-hybridized carbons (Fsp3) is 0.667. The molecule has 1 aromatic heterocycles. The molecule has 6 heteroatoms. The van der Waals surface area contributed by atoms with E-state index in [4.69, 9.17) is 4.74 Å². The topological polar surface area (TPSA) is 64.1 Å². The second-order valence-corrected chi connectivity index (χ2v) is 7.39. The van der Waals surface area contributed by atoms with Crippen molar-refractivity contribution in [2.75, 3.05) is 19.0 Å². The van der Waals surface area contributed by atoms with Crippen LogP contribution in [0.4, 0.5) is 5.13 Å². The average molecular weight is 305 g/mol. The van der Waals surface area contributed by atoms with Crippen LogP contribution in [-0.4, -0.2) is 29.8 Å². The van der Waals surface area contributed by atoms with Crippen molar-refractivity contribution in [1.29, 1.82) is 0 Å². The molecular weight excluding hydrogens is 286 g/mol. The van der Waals surface area contributed by atoms with Crippen molar-refractivity contribution in [1.82, 2.24) is 10.2 Å². The lowest BCUT2D eigenvalue weighted by molar-refractivity contribution is -0.120. The van der Waals surface area contributed by atoms with Crippen LogP contribution >= 0.6 is 11.3 Å². The van der Waals surface area contributed by atoms with Gasteiger partial charge in [0.2, 0.25) is 11.0 Å². The lowest BCUT2D eigenvalue weighted by Gasteiger charge is -2.18. The van der Waals surface area contributed by atoms with E-state index in [1.807, 2.05) is 0 Å². The number of ether oxygens (including phenoxy) is 1. The molecule has 0 aliphatic heterocycles. The number of methoxy groups -OCH3 is 1. The maximum absolute atomic E-state index is 12.5. The summed E-state index contributed by atoms with van der Waals surface area (Å²) in [6, 6.07) is 0. The first-order chi connectivity index (χ1) is 10.2. The highest BCUT2D eigenvalue weighted by atomic mass is 32.1. The number of anilines is 1. The van der Waals surface area contributed by atoms with Gasteiger partial charge in [-0.05, 0) is 36.5 Å². The Morgan fingerprint density at radius 2 is 2.33 bits per heavy atom. The van der Waals surface area contributed by atoms with E-state index in [0.29, 0.717) is 29.0 Å². The van der Waals surface area contributed by atoms with Gasteiger partial charge in [0.05, 0.1) is 6.61 Å². The SMILES string of the molecule is COCCc1nnc(NC(=O)C2CC3C=CC2C32CC2)s1. The summed E-state index contributed by atoms with van der Waals surface area (Å²) >= 11 is 1.44. The molecule has 1 aromatic rings. The van der Waals surface area contributed by atoms with Crippen LogP contribution in [0.2, 0.25) is 0 Å². The van der Waals surface area contributed by atoms with Crippen molar-refractivity contribution >= 4 is 22.4 Å². The Bertz CT molecular complexity index is 593. The highest BCUT2D eigenvalue weighted by Crippen LogP contribution is 2.70. The molecule has 5 nitrogen and oxygen atoms in total. The first-order valence-electron chi connectivity index (χ1n) is 7.53. The fourth-order valence-corrected chi connectivity index (χ4v) is 4.79. The van der Waals surface area contributed by atoms with E-state index in [-0.39, 0.29) is 11.8 Å². The Kier molecular flexibility index (Phi) is 3.11. The molecule has 0 aromatic carbocycles. The van der Waals surface area contributed by atoms with Crippen molar-refractivity contribution in [3.8, 4) is 0 Å². The summed E-state index contributed by atoms with van der Waals surface area (Å²) in [5.74, 6) is 1.31. The standard InChI is InChI=1S/C15H19N3O2S/c1-20-7-4-12-17-18-14(21-12)16-13(19)10-8-9-2-3-11(10)15(9)5-6-15/h2-3,9-11H,4-8H2,1H3,(H,16,18,19). The second-order valence-electron chi connectivity index (χ2n) is 6.33. The van der Waals surface area contributed by atoms with Crippen LogP contribution in [-0.2, 0) is 16.0 Å². The van der Waals surface area contributed by atoms with Gasteiger partial charge in [-0.2, -0.15) is 0 Å². The highest BCUT2D eigenvalue weighted by Gasteiger charge is 2.64. The van der Waals surface area contributed by atoms with E-state index in [1.165, 1.54) is 24.2 Å². The molecule has 2 bridgehead atoms. The summed E-state index contributed by atoms with van der Waals surface area (Å²) in [4.78, 5) is 12.5. The summed E-state index contributed by atoms with van der Waals surface area (Å²) in [7, 11) is 1.67. The van der Waals surface area contributed by atoms with E-state index in [2.05, 4.69) is 27.7 Å². The van der Waals surface area contributed by atoms with Crippen molar-refractivity contribution in [3.63, 3.8) is 0 Å². The molecule has 2 fully saturated rings. The monoisotopic (exact) mass is 305 g/mol. The average Bonchev–Trinajstić information content (AvgIpc) is 2.94. The van der Waals surface area contributed by atoms with Crippen LogP contribution in [0.5, 0.6) is 0 Å². The lowest BCUT2D eigenvalue weighted by atomic mass is 9.88. The number of hydrogen-bond donors (Lipinski definition) is 1. The van der Waals surface area contributed by atoms with Gasteiger partial charge in [0, 0.05) is 19.4 Å². The third kappa shape index (κ3) is 2.12. The number of aromatic nitrogens is 2. The minimum absolute atomic E-state index is 0.118. The predicted octanol–water partition coefficient (Wildman–Crippen LogP) is 2.27. The van der Waals surface area contributed by atoms with Crippen LogP contribution in [0.25, 0.3) is 0 Å². The summed E-state index contributed by atoms with van der Waals surface area (Å²) in [5, 5.41) is 12.6. The van der Waals surface area contributed by atoms with E-state index >= 15 is 0 Å². The van der Waals surface area contributed by atoms with Crippen LogP contribution < -0.4 is 5.32 Å². The maximum atomic E-state index is 12.5. The highest BCUT2D eigenvalue weighted by molar-refractivity contribution is 7.15. The van der Waals surface area contributed by atoms with E-state index in [9.17, 15) is 4.79 Å². The maximum Gasteiger partial charge on any atom is 0.229 e. The van der Waals surface area contributed by atoms with Crippen LogP contribution in [0.3, 0.4) is 0 Å². The summed E-state index contributed by atoms with van der Waals surface area (Å²) in [6.07, 6.45) is 8.93. The van der Waals surface area contributed by atoms with E-state index in [1.54, 1.807) is 7.11 Å². The molecule has 0 radical (unpaired) electrons. The van der Waals surface area contributed by atoms with E-state index in [0.717, 1.165) is 17.8 Å². The normalized spacial score (nSPS) is 31.0. The first kappa shape index (κ1) is 13.4. The quantitative estimate of drug-likeness (QED) is 0.848. The number of nitrogens with one attached hydrogen (secondary N) is 1. The molecule has 4 rings (SSSR count). The molecule has 1 N–H and O–H groups in total. The number of amides is 1. The van der Waals surface area contributed by atoms with Crippen molar-refractivity contribution in [2.45, 2.75) is 25.7 Å². The fourth-order valence-electron chi connectivity index (χ4n) is 4.06. The minimum atomic E-state index is 0.118. The number of carbonyl (C=O) groups is 1. The van der Waals surface area contributed by atoms with Gasteiger partial charge in [0.15, 0.2) is 0 Å². The Morgan fingerprint density at radius 1 is 1.48 bits per heavy atom. The second kappa shape index (κ2) is 4.88. The summed E-state index contributed by atoms with van der Waals surface area (Å²) in [5.41, 5.74) is 0.451. The molecule has 3 aliphatic carbocycles. The zero-order valence-electron chi connectivity index (χ0n) is 12.0. The van der Waals surface area contributed by atoms with E-state index < -0.39 is 0 Å². The third-order valence-corrected chi connectivity index (χ3v) is 6.17. The van der Waals surface area contributed by atoms with Gasteiger partial charge in [-0.15, -0.1) is 10.2 Å². The number of rotatable bonds is 5. The van der Waals surface area contributed by atoms with Crippen molar-refractivity contribution in [3.05, 3.63) is 17.2 Å². The molecule has 0 saturated heterocycles. The zero-order chi connectivity index (χ0) is 14.4. The summed E-state index contributed by atoms with van der Waals surface area (Å²) in [6.45, 7) is 0.627. The number of allylic oxidation sites excluding steroid dienone is 2. The molecule has 112 valence electrons. The number of nitrogens with zero attached hydrogens (tertiary/aromatic N) is 2. The Balaban J connectivity index is 1.40. The van der Waals surface area contributed by atoms with Gasteiger partial charge in [-0.1, -0.05) is 23.5 Å². The molecule has 3 atom stereocenters. The zero-order valence-corrected chi connectivity index (χ0v) is 12.9. The predicted molar refractivity (Wildman–Crippen MR) is 80.0 cm³/mol. The van der Waals surface area contributed by atoms with Crippen molar-refractivity contribution < 1.29 is 9.53 Å². The van der Waals surface area contributed by atoms with Crippen molar-refractivity contribution in [2.24, 2.45) is 23.2 Å². The minimum Gasteiger partial charge on any atom is -0.384 e. The molecule has 1 amide bonds. The number of carbonyl (C=O) groups excluding carboxylic acids is 1. The van der Waals surface area contributed by atoms with Gasteiger partial charge in [0.25, 0.3) is 0 Å². The third-order valence-electron chi connectivity index (χ3n) is 5.28. The molecule has 3 unspecified atom stereocenters. The molecular formula is C15H19N3O2S. The smallest absolute Gasteiger partial charge is 0.229 e. The molecule has 1 heterocycles.